The van der Waals surface area contributed by atoms with Gasteiger partial charge in [0.1, 0.15) is 11.6 Å². The molecule has 5 rings (SSSR count). The molecule has 9 heteroatoms. The summed E-state index contributed by atoms with van der Waals surface area (Å²) in [5.74, 6) is 0.907. The van der Waals surface area contributed by atoms with E-state index in [0.29, 0.717) is 57.8 Å². The van der Waals surface area contributed by atoms with E-state index in [9.17, 15) is 4.39 Å². The second-order valence-corrected chi connectivity index (χ2v) is 11.9. The van der Waals surface area contributed by atoms with Crippen LogP contribution in [0.15, 0.2) is 42.6 Å². The zero-order chi connectivity index (χ0) is 33.7. The van der Waals surface area contributed by atoms with Gasteiger partial charge in [-0.3, -0.25) is 0 Å². The molecule has 0 N–H and O–H groups in total. The molecule has 0 spiro atoms. The summed E-state index contributed by atoms with van der Waals surface area (Å²) >= 11 is 0. The van der Waals surface area contributed by atoms with Crippen LogP contribution in [0.4, 0.5) is 21.6 Å². The lowest BCUT2D eigenvalue weighted by Crippen LogP contribution is -2.50. The van der Waals surface area contributed by atoms with Crippen LogP contribution in [0.1, 0.15) is 86.0 Å². The highest BCUT2D eigenvalue weighted by Crippen LogP contribution is 2.37. The molecule has 4 heterocycles. The average molecular weight is 659 g/mol. The van der Waals surface area contributed by atoms with Gasteiger partial charge in [-0.15, -0.1) is 0 Å². The summed E-state index contributed by atoms with van der Waals surface area (Å²) in [6, 6.07) is 12.8. The predicted octanol–water partition coefficient (Wildman–Crippen LogP) is 7.75. The van der Waals surface area contributed by atoms with E-state index < -0.39 is 0 Å². The van der Waals surface area contributed by atoms with Gasteiger partial charge in [0.05, 0.1) is 51.7 Å². The Hall–Kier alpha value is -2.46. The number of pyridine rings is 1. The molecule has 3 atom stereocenters. The first-order valence-electron chi connectivity index (χ1n) is 18.6. The molecule has 0 saturated carbocycles. The number of fused-ring (bicyclic) bond motifs is 1. The predicted molar refractivity (Wildman–Crippen MR) is 193 cm³/mol. The van der Waals surface area contributed by atoms with Crippen LogP contribution in [0.25, 0.3) is 0 Å². The summed E-state index contributed by atoms with van der Waals surface area (Å²) in [5.41, 5.74) is 2.26. The fraction of sp³-hybridized carbons (Fsp3) is 0.711. The monoisotopic (exact) mass is 658 g/mol. The van der Waals surface area contributed by atoms with E-state index in [1.165, 1.54) is 31.0 Å². The van der Waals surface area contributed by atoms with Crippen molar-refractivity contribution >= 4 is 17.2 Å². The number of piperidine rings is 2. The van der Waals surface area contributed by atoms with Crippen LogP contribution in [0.2, 0.25) is 0 Å². The van der Waals surface area contributed by atoms with Gasteiger partial charge in [0.15, 0.2) is 0 Å². The van der Waals surface area contributed by atoms with Gasteiger partial charge in [0.25, 0.3) is 0 Å². The molecule has 47 heavy (non-hydrogen) atoms. The molecule has 1 aromatic heterocycles. The van der Waals surface area contributed by atoms with Crippen molar-refractivity contribution in [3.8, 4) is 0 Å². The van der Waals surface area contributed by atoms with E-state index in [1.54, 1.807) is 6.07 Å². The second kappa shape index (κ2) is 23.0. The molecule has 3 aliphatic rings. The summed E-state index contributed by atoms with van der Waals surface area (Å²) in [4.78, 5) is 12.4. The number of aromatic nitrogens is 1. The van der Waals surface area contributed by atoms with Crippen LogP contribution in [0.5, 0.6) is 0 Å². The van der Waals surface area contributed by atoms with Crippen molar-refractivity contribution in [3.05, 3.63) is 48.4 Å². The van der Waals surface area contributed by atoms with Gasteiger partial charge in [0, 0.05) is 62.5 Å². The Balaban J connectivity index is 0.00000144. The SMILES string of the molecule is CC.CC.CCCOCCOCCOCCOCCC1CCCCN1c1ccnc(N2CCC3C2CCCN3c2cccc(F)c2)c1. The number of ether oxygens (including phenoxy) is 4. The Labute approximate surface area is 284 Å². The third-order valence-electron chi connectivity index (χ3n) is 8.99. The minimum atomic E-state index is -0.163. The van der Waals surface area contributed by atoms with Gasteiger partial charge in [0.2, 0.25) is 0 Å². The minimum Gasteiger partial charge on any atom is -0.379 e. The molecule has 0 amide bonds. The molecule has 1 aromatic carbocycles. The normalized spacial score (nSPS) is 20.6. The summed E-state index contributed by atoms with van der Waals surface area (Å²) < 4.78 is 36.5. The Morgan fingerprint density at radius 2 is 1.30 bits per heavy atom. The molecule has 3 fully saturated rings. The van der Waals surface area contributed by atoms with Gasteiger partial charge in [-0.1, -0.05) is 40.7 Å². The van der Waals surface area contributed by atoms with Crippen LogP contribution < -0.4 is 14.7 Å². The van der Waals surface area contributed by atoms with Crippen LogP contribution in [0.3, 0.4) is 0 Å². The van der Waals surface area contributed by atoms with Crippen molar-refractivity contribution in [3.63, 3.8) is 0 Å². The molecule has 0 bridgehead atoms. The van der Waals surface area contributed by atoms with E-state index in [4.69, 9.17) is 23.9 Å². The number of hydrogen-bond acceptors (Lipinski definition) is 8. The minimum absolute atomic E-state index is 0.163. The topological polar surface area (TPSA) is 59.5 Å². The van der Waals surface area contributed by atoms with Gasteiger partial charge < -0.3 is 33.6 Å². The van der Waals surface area contributed by atoms with Crippen molar-refractivity contribution in [2.45, 2.75) is 104 Å². The van der Waals surface area contributed by atoms with E-state index in [2.05, 4.69) is 33.8 Å². The molecule has 3 saturated heterocycles. The number of anilines is 3. The molecular weight excluding hydrogens is 595 g/mol. The average Bonchev–Trinajstić information content (AvgIpc) is 3.57. The lowest BCUT2D eigenvalue weighted by molar-refractivity contribution is -0.00247. The molecule has 3 aliphatic heterocycles. The molecule has 3 unspecified atom stereocenters. The first-order valence-corrected chi connectivity index (χ1v) is 18.6. The van der Waals surface area contributed by atoms with Gasteiger partial charge in [-0.25, -0.2) is 9.37 Å². The smallest absolute Gasteiger partial charge is 0.130 e. The van der Waals surface area contributed by atoms with E-state index in [1.807, 2.05) is 46.0 Å². The highest BCUT2D eigenvalue weighted by atomic mass is 19.1. The molecule has 0 radical (unpaired) electrons. The number of halogens is 1. The molecular formula is C38H63FN4O4. The number of rotatable bonds is 17. The lowest BCUT2D eigenvalue weighted by Gasteiger charge is -2.42. The van der Waals surface area contributed by atoms with Crippen LogP contribution >= 0.6 is 0 Å². The van der Waals surface area contributed by atoms with Crippen LogP contribution in [-0.4, -0.2) is 95.6 Å². The Morgan fingerprint density at radius 1 is 0.660 bits per heavy atom. The molecule has 0 aliphatic carbocycles. The maximum atomic E-state index is 14.0. The van der Waals surface area contributed by atoms with E-state index >= 15 is 0 Å². The lowest BCUT2D eigenvalue weighted by atomic mass is 9.96. The zero-order valence-electron chi connectivity index (χ0n) is 30.0. The van der Waals surface area contributed by atoms with Crippen molar-refractivity contribution in [2.75, 3.05) is 87.2 Å². The maximum absolute atomic E-state index is 14.0. The summed E-state index contributed by atoms with van der Waals surface area (Å²) in [7, 11) is 0. The van der Waals surface area contributed by atoms with Gasteiger partial charge >= 0.3 is 0 Å². The van der Waals surface area contributed by atoms with E-state index in [-0.39, 0.29) is 5.82 Å². The highest BCUT2D eigenvalue weighted by Gasteiger charge is 2.41. The highest BCUT2D eigenvalue weighted by molar-refractivity contribution is 5.58. The van der Waals surface area contributed by atoms with E-state index in [0.717, 1.165) is 76.5 Å². The largest absolute Gasteiger partial charge is 0.379 e. The standard InChI is InChI=1S/C34H51FN4O4.2C2H6/c1-2-18-40-20-22-42-24-25-43-23-21-41-19-13-29-8-3-4-15-37(29)31-11-14-36-34(27-31)39-17-12-33-32(39)10-6-16-38(33)30-9-5-7-28(35)26-30;2*1-2/h5,7,9,11,14,26-27,29,32-33H,2-4,6,8,10,12-13,15-25H2,1H3;2*1-2H3. The molecule has 2 aromatic rings. The summed E-state index contributed by atoms with van der Waals surface area (Å²) in [5, 5.41) is 0. The zero-order valence-corrected chi connectivity index (χ0v) is 30.0. The van der Waals surface area contributed by atoms with Gasteiger partial charge in [-0.05, 0) is 75.6 Å². The van der Waals surface area contributed by atoms with Crippen LogP contribution in [0, 0.1) is 5.82 Å². The fourth-order valence-electron chi connectivity index (χ4n) is 6.95. The first kappa shape index (κ1) is 39.0. The Kier molecular flexibility index (Phi) is 19.1. The van der Waals surface area contributed by atoms with Crippen molar-refractivity contribution in [2.24, 2.45) is 0 Å². The maximum Gasteiger partial charge on any atom is 0.130 e. The Morgan fingerprint density at radius 3 is 2.00 bits per heavy atom. The Bertz CT molecular complexity index is 1100. The molecule has 8 nitrogen and oxygen atoms in total. The second-order valence-electron chi connectivity index (χ2n) is 11.9. The summed E-state index contributed by atoms with van der Waals surface area (Å²) in [6.07, 6.45) is 11.0. The fourth-order valence-corrected chi connectivity index (χ4v) is 6.95. The van der Waals surface area contributed by atoms with Crippen molar-refractivity contribution in [1.29, 1.82) is 0 Å². The van der Waals surface area contributed by atoms with Crippen molar-refractivity contribution in [1.82, 2.24) is 4.98 Å². The number of nitrogens with zero attached hydrogens (tertiary/aromatic N) is 4. The first-order chi connectivity index (χ1) is 23.2. The molecule has 266 valence electrons. The third-order valence-corrected chi connectivity index (χ3v) is 8.99. The number of hydrogen-bond donors (Lipinski definition) is 0. The van der Waals surface area contributed by atoms with Crippen LogP contribution in [-0.2, 0) is 18.9 Å². The number of benzene rings is 1. The third kappa shape index (κ3) is 12.2. The quantitative estimate of drug-likeness (QED) is 0.160. The van der Waals surface area contributed by atoms with Crippen molar-refractivity contribution < 1.29 is 23.3 Å². The van der Waals surface area contributed by atoms with Gasteiger partial charge in [-0.2, -0.15) is 0 Å². The summed E-state index contributed by atoms with van der Waals surface area (Å²) in [6.45, 7) is 18.3.